The van der Waals surface area contributed by atoms with Gasteiger partial charge in [0.05, 0.1) is 0 Å². The molecule has 4 nitrogen and oxygen atoms in total. The van der Waals surface area contributed by atoms with Crippen LogP contribution in [0.1, 0.15) is 28.0 Å². The molecule has 0 atom stereocenters. The van der Waals surface area contributed by atoms with Gasteiger partial charge in [0.2, 0.25) is 0 Å². The lowest BCUT2D eigenvalue weighted by molar-refractivity contribution is 0.0756. The summed E-state index contributed by atoms with van der Waals surface area (Å²) in [5.74, 6) is 0.111. The number of benzene rings is 2. The van der Waals surface area contributed by atoms with E-state index in [2.05, 4.69) is 59.3 Å². The summed E-state index contributed by atoms with van der Waals surface area (Å²) in [4.78, 5) is 20.7. The second-order valence-corrected chi connectivity index (χ2v) is 7.18. The molecule has 1 saturated heterocycles. The van der Waals surface area contributed by atoms with E-state index >= 15 is 0 Å². The molecule has 1 aromatic heterocycles. The van der Waals surface area contributed by atoms with Crippen molar-refractivity contribution in [3.05, 3.63) is 71.4 Å². The van der Waals surface area contributed by atoms with Gasteiger partial charge in [-0.05, 0) is 36.6 Å². The van der Waals surface area contributed by atoms with E-state index in [9.17, 15) is 4.79 Å². The van der Waals surface area contributed by atoms with E-state index in [-0.39, 0.29) is 5.91 Å². The highest BCUT2D eigenvalue weighted by Gasteiger charge is 2.21. The summed E-state index contributed by atoms with van der Waals surface area (Å²) in [5.41, 5.74) is 4.26. The molecular weight excluding hydrogens is 322 g/mol. The Morgan fingerprint density at radius 3 is 2.69 bits per heavy atom. The molecular formula is C22H25N3O. The number of nitrogens with zero attached hydrogens (tertiary/aromatic N) is 2. The maximum atomic E-state index is 12.9. The molecule has 4 rings (SSSR count). The highest BCUT2D eigenvalue weighted by atomic mass is 16.2. The molecule has 1 aliphatic heterocycles. The Hall–Kier alpha value is -2.59. The Bertz CT molecular complexity index is 900. The van der Waals surface area contributed by atoms with Crippen molar-refractivity contribution < 1.29 is 4.79 Å². The van der Waals surface area contributed by atoms with Crippen LogP contribution in [0.25, 0.3) is 10.9 Å². The maximum absolute atomic E-state index is 12.9. The SMILES string of the molecule is Cc1ccc2cc(C(=O)N3CCCN(Cc4ccccc4)CC3)[nH]c2c1. The third-order valence-corrected chi connectivity index (χ3v) is 5.13. The van der Waals surface area contributed by atoms with Crippen molar-refractivity contribution in [3.8, 4) is 0 Å². The van der Waals surface area contributed by atoms with Crippen molar-refractivity contribution in [2.45, 2.75) is 19.9 Å². The molecule has 1 amide bonds. The van der Waals surface area contributed by atoms with E-state index < -0.39 is 0 Å². The summed E-state index contributed by atoms with van der Waals surface area (Å²) >= 11 is 0. The molecule has 0 spiro atoms. The number of rotatable bonds is 3. The van der Waals surface area contributed by atoms with E-state index in [1.807, 2.05) is 17.0 Å². The van der Waals surface area contributed by atoms with Crippen LogP contribution in [0.3, 0.4) is 0 Å². The second kappa shape index (κ2) is 7.34. The zero-order valence-corrected chi connectivity index (χ0v) is 15.2. The number of carbonyl (C=O) groups excluding carboxylic acids is 1. The normalized spacial score (nSPS) is 16.0. The van der Waals surface area contributed by atoms with Crippen LogP contribution in [-0.4, -0.2) is 46.9 Å². The van der Waals surface area contributed by atoms with Gasteiger partial charge in [-0.3, -0.25) is 9.69 Å². The molecule has 1 aliphatic rings. The van der Waals surface area contributed by atoms with Gasteiger partial charge in [-0.25, -0.2) is 0 Å². The fraction of sp³-hybridized carbons (Fsp3) is 0.318. The summed E-state index contributed by atoms with van der Waals surface area (Å²) in [7, 11) is 0. The van der Waals surface area contributed by atoms with Crippen molar-refractivity contribution in [1.29, 1.82) is 0 Å². The number of amides is 1. The topological polar surface area (TPSA) is 39.3 Å². The van der Waals surface area contributed by atoms with Crippen LogP contribution in [0.4, 0.5) is 0 Å². The third kappa shape index (κ3) is 3.65. The van der Waals surface area contributed by atoms with Crippen molar-refractivity contribution in [2.24, 2.45) is 0 Å². The van der Waals surface area contributed by atoms with Gasteiger partial charge in [0, 0.05) is 43.6 Å². The second-order valence-electron chi connectivity index (χ2n) is 7.18. The van der Waals surface area contributed by atoms with Crippen LogP contribution >= 0.6 is 0 Å². The molecule has 0 bridgehead atoms. The number of aryl methyl sites for hydroxylation is 1. The summed E-state index contributed by atoms with van der Waals surface area (Å²) < 4.78 is 0. The van der Waals surface area contributed by atoms with E-state index in [0.717, 1.165) is 50.0 Å². The Morgan fingerprint density at radius 2 is 1.85 bits per heavy atom. The van der Waals surface area contributed by atoms with Crippen LogP contribution < -0.4 is 0 Å². The zero-order valence-electron chi connectivity index (χ0n) is 15.2. The third-order valence-electron chi connectivity index (χ3n) is 5.13. The number of hydrogen-bond acceptors (Lipinski definition) is 2. The van der Waals surface area contributed by atoms with Crippen LogP contribution in [0.2, 0.25) is 0 Å². The van der Waals surface area contributed by atoms with Gasteiger partial charge in [-0.2, -0.15) is 0 Å². The van der Waals surface area contributed by atoms with Gasteiger partial charge in [0.25, 0.3) is 5.91 Å². The standard InChI is InChI=1S/C22H25N3O/c1-17-8-9-19-15-21(23-20(19)14-17)22(26)25-11-5-10-24(12-13-25)16-18-6-3-2-4-7-18/h2-4,6-9,14-15,23H,5,10-13,16H2,1H3. The predicted octanol–water partition coefficient (Wildman–Crippen LogP) is 3.82. The first kappa shape index (κ1) is 16.9. The van der Waals surface area contributed by atoms with Crippen LogP contribution in [0.15, 0.2) is 54.6 Å². The minimum atomic E-state index is 0.111. The molecule has 4 heteroatoms. The minimum absolute atomic E-state index is 0.111. The molecule has 1 fully saturated rings. The van der Waals surface area contributed by atoms with Crippen LogP contribution in [-0.2, 0) is 6.54 Å². The smallest absolute Gasteiger partial charge is 0.270 e. The fourth-order valence-corrected chi connectivity index (χ4v) is 3.70. The van der Waals surface area contributed by atoms with Gasteiger partial charge in [-0.1, -0.05) is 42.5 Å². The fourth-order valence-electron chi connectivity index (χ4n) is 3.70. The van der Waals surface area contributed by atoms with Gasteiger partial charge in [-0.15, -0.1) is 0 Å². The lowest BCUT2D eigenvalue weighted by Crippen LogP contribution is -2.35. The molecule has 3 aromatic rings. The van der Waals surface area contributed by atoms with Crippen LogP contribution in [0.5, 0.6) is 0 Å². The number of H-pyrrole nitrogens is 1. The number of carbonyl (C=O) groups is 1. The Labute approximate surface area is 154 Å². The predicted molar refractivity (Wildman–Crippen MR) is 105 cm³/mol. The van der Waals surface area contributed by atoms with E-state index in [0.29, 0.717) is 5.69 Å². The molecule has 1 N–H and O–H groups in total. The van der Waals surface area contributed by atoms with E-state index in [1.165, 1.54) is 11.1 Å². The molecule has 26 heavy (non-hydrogen) atoms. The van der Waals surface area contributed by atoms with Crippen molar-refractivity contribution in [1.82, 2.24) is 14.8 Å². The summed E-state index contributed by atoms with van der Waals surface area (Å²) in [5, 5.41) is 1.10. The number of aromatic nitrogens is 1. The number of fused-ring (bicyclic) bond motifs is 1. The highest BCUT2D eigenvalue weighted by molar-refractivity contribution is 5.98. The maximum Gasteiger partial charge on any atom is 0.270 e. The monoisotopic (exact) mass is 347 g/mol. The molecule has 0 saturated carbocycles. The lowest BCUT2D eigenvalue weighted by atomic mass is 10.2. The number of aromatic amines is 1. The first-order valence-corrected chi connectivity index (χ1v) is 9.34. The largest absolute Gasteiger partial charge is 0.351 e. The quantitative estimate of drug-likeness (QED) is 0.782. The zero-order chi connectivity index (χ0) is 17.9. The first-order chi connectivity index (χ1) is 12.7. The highest BCUT2D eigenvalue weighted by Crippen LogP contribution is 2.19. The molecule has 0 aliphatic carbocycles. The summed E-state index contributed by atoms with van der Waals surface area (Å²) in [6.07, 6.45) is 1.01. The Balaban J connectivity index is 1.43. The Morgan fingerprint density at radius 1 is 1.00 bits per heavy atom. The van der Waals surface area contributed by atoms with Crippen molar-refractivity contribution in [2.75, 3.05) is 26.2 Å². The average molecular weight is 347 g/mol. The van der Waals surface area contributed by atoms with E-state index in [4.69, 9.17) is 0 Å². The molecule has 0 unspecified atom stereocenters. The van der Waals surface area contributed by atoms with Gasteiger partial charge in [0.1, 0.15) is 5.69 Å². The summed E-state index contributed by atoms with van der Waals surface area (Å²) in [6, 6.07) is 18.8. The van der Waals surface area contributed by atoms with Gasteiger partial charge >= 0.3 is 0 Å². The molecule has 2 heterocycles. The van der Waals surface area contributed by atoms with Crippen LogP contribution in [0, 0.1) is 6.92 Å². The lowest BCUT2D eigenvalue weighted by Gasteiger charge is -2.21. The van der Waals surface area contributed by atoms with E-state index in [1.54, 1.807) is 0 Å². The average Bonchev–Trinajstić information content (AvgIpc) is 2.93. The minimum Gasteiger partial charge on any atom is -0.351 e. The first-order valence-electron chi connectivity index (χ1n) is 9.34. The van der Waals surface area contributed by atoms with Crippen molar-refractivity contribution >= 4 is 16.8 Å². The molecule has 0 radical (unpaired) electrons. The number of nitrogens with one attached hydrogen (secondary N) is 1. The van der Waals surface area contributed by atoms with Gasteiger partial charge < -0.3 is 9.88 Å². The summed E-state index contributed by atoms with van der Waals surface area (Å²) in [6.45, 7) is 6.57. The van der Waals surface area contributed by atoms with Gasteiger partial charge in [0.15, 0.2) is 0 Å². The number of hydrogen-bond donors (Lipinski definition) is 1. The molecule has 134 valence electrons. The molecule has 2 aromatic carbocycles. The van der Waals surface area contributed by atoms with Crippen molar-refractivity contribution in [3.63, 3.8) is 0 Å². The Kier molecular flexibility index (Phi) is 4.76.